The third kappa shape index (κ3) is 1.41. The van der Waals surface area contributed by atoms with Crippen LogP contribution in [0.15, 0.2) is 12.5 Å². The summed E-state index contributed by atoms with van der Waals surface area (Å²) >= 11 is 5.13. The van der Waals surface area contributed by atoms with E-state index in [-0.39, 0.29) is 9.72 Å². The number of rotatable bonds is 0. The Balaban J connectivity index is 2.96. The number of nitrogens with zero attached hydrogens (tertiary/aromatic N) is 2. The summed E-state index contributed by atoms with van der Waals surface area (Å²) in [6.07, 6.45) is -3.11. The Bertz CT molecular complexity index is 229. The second-order valence-corrected chi connectivity index (χ2v) is 1.96. The molecule has 0 aromatic carbocycles. The second-order valence-electron chi connectivity index (χ2n) is 1.57. The molecule has 1 rings (SSSR count). The molecule has 0 atom stereocenters. The van der Waals surface area contributed by atoms with Crippen LogP contribution in [0.3, 0.4) is 0 Å². The van der Waals surface area contributed by atoms with Gasteiger partial charge in [0.15, 0.2) is 0 Å². The topological polar surface area (TPSA) is 17.8 Å². The van der Waals surface area contributed by atoms with Crippen molar-refractivity contribution in [3.63, 3.8) is 0 Å². The van der Waals surface area contributed by atoms with E-state index in [1.54, 1.807) is 0 Å². The summed E-state index contributed by atoms with van der Waals surface area (Å²) in [5.41, 5.74) is 0. The molecule has 10 heavy (non-hydrogen) atoms. The maximum Gasteiger partial charge on any atom is 0.489 e. The minimum atomic E-state index is -4.42. The van der Waals surface area contributed by atoms with E-state index in [9.17, 15) is 13.2 Å². The van der Waals surface area contributed by atoms with Gasteiger partial charge in [-0.05, 0) is 0 Å². The fourth-order valence-electron chi connectivity index (χ4n) is 0.437. The van der Waals surface area contributed by atoms with Crippen LogP contribution in [-0.4, -0.2) is 9.55 Å². The normalized spacial score (nSPS) is 12.0. The van der Waals surface area contributed by atoms with E-state index >= 15 is 0 Å². The van der Waals surface area contributed by atoms with E-state index < -0.39 is 6.30 Å². The molecule has 0 fully saturated rings. The van der Waals surface area contributed by atoms with Crippen LogP contribution in [0.5, 0.6) is 0 Å². The highest BCUT2D eigenvalue weighted by molar-refractivity contribution is 6.29. The van der Waals surface area contributed by atoms with Gasteiger partial charge < -0.3 is 0 Å². The lowest BCUT2D eigenvalue weighted by Gasteiger charge is -2.03. The number of halogens is 4. The second kappa shape index (κ2) is 2.16. The first-order valence-corrected chi connectivity index (χ1v) is 2.64. The molecule has 0 saturated heterocycles. The number of imidazole rings is 1. The number of hydrogen-bond acceptors (Lipinski definition) is 1. The van der Waals surface area contributed by atoms with Gasteiger partial charge >= 0.3 is 6.30 Å². The van der Waals surface area contributed by atoms with Crippen molar-refractivity contribution >= 4 is 11.6 Å². The van der Waals surface area contributed by atoms with Gasteiger partial charge in [0.05, 0.1) is 6.20 Å². The van der Waals surface area contributed by atoms with Crippen LogP contribution in [0, 0.1) is 0 Å². The highest BCUT2D eigenvalue weighted by Crippen LogP contribution is 2.22. The molecule has 1 aromatic heterocycles. The molecule has 2 nitrogen and oxygen atoms in total. The molecule has 0 amide bonds. The summed E-state index contributed by atoms with van der Waals surface area (Å²) in [6, 6.07) is 0. The van der Waals surface area contributed by atoms with Crippen molar-refractivity contribution in [3.8, 4) is 0 Å². The summed E-state index contributed by atoms with van der Waals surface area (Å²) in [6.45, 7) is 0. The molecule has 0 radical (unpaired) electrons. The monoisotopic (exact) mass is 170 g/mol. The maximum absolute atomic E-state index is 11.7. The zero-order valence-corrected chi connectivity index (χ0v) is 5.32. The average Bonchev–Trinajstić information content (AvgIpc) is 2.11. The van der Waals surface area contributed by atoms with Gasteiger partial charge in [0.1, 0.15) is 11.5 Å². The Morgan fingerprint density at radius 2 is 2.10 bits per heavy atom. The molecule has 0 saturated carbocycles. The van der Waals surface area contributed by atoms with Gasteiger partial charge in [-0.15, -0.1) is 13.2 Å². The first-order chi connectivity index (χ1) is 4.50. The van der Waals surface area contributed by atoms with E-state index in [1.165, 1.54) is 0 Å². The minimum absolute atomic E-state index is 0.0185. The lowest BCUT2D eigenvalue weighted by molar-refractivity contribution is -0.204. The summed E-state index contributed by atoms with van der Waals surface area (Å²) in [4.78, 5) is 3.19. The molecular formula is C4H2ClF3N2. The summed E-state index contributed by atoms with van der Waals surface area (Å²) in [5.74, 6) is 0. The molecule has 6 heteroatoms. The van der Waals surface area contributed by atoms with Crippen LogP contribution in [0.2, 0.25) is 5.15 Å². The van der Waals surface area contributed by atoms with Gasteiger partial charge in [-0.2, -0.15) is 0 Å². The largest absolute Gasteiger partial charge is 0.489 e. The van der Waals surface area contributed by atoms with E-state index in [4.69, 9.17) is 11.6 Å². The van der Waals surface area contributed by atoms with Crippen molar-refractivity contribution in [1.82, 2.24) is 9.55 Å². The molecule has 0 N–H and O–H groups in total. The van der Waals surface area contributed by atoms with Crippen molar-refractivity contribution in [2.24, 2.45) is 0 Å². The molecular weight excluding hydrogens is 169 g/mol. The first kappa shape index (κ1) is 7.40. The molecule has 0 unspecified atom stereocenters. The van der Waals surface area contributed by atoms with Gasteiger partial charge in [-0.3, -0.25) is 0 Å². The smallest absolute Gasteiger partial charge is 0.246 e. The zero-order valence-electron chi connectivity index (χ0n) is 4.56. The SMILES string of the molecule is FC(F)(F)n1cnc(Cl)c1. The van der Waals surface area contributed by atoms with Crippen molar-refractivity contribution in [2.75, 3.05) is 0 Å². The Kier molecular flexibility index (Phi) is 1.60. The van der Waals surface area contributed by atoms with Crippen LogP contribution >= 0.6 is 11.6 Å². The number of aromatic nitrogens is 2. The maximum atomic E-state index is 11.7. The van der Waals surface area contributed by atoms with E-state index in [2.05, 4.69) is 4.98 Å². The van der Waals surface area contributed by atoms with E-state index in [0.29, 0.717) is 12.5 Å². The Hall–Kier alpha value is -0.710. The third-order valence-electron chi connectivity index (χ3n) is 0.844. The zero-order chi connectivity index (χ0) is 7.78. The number of hydrogen-bond donors (Lipinski definition) is 0. The lowest BCUT2D eigenvalue weighted by atomic mass is 10.9. The molecule has 1 heterocycles. The molecule has 0 aliphatic carbocycles. The molecule has 0 aliphatic rings. The van der Waals surface area contributed by atoms with Gasteiger partial charge in [0.2, 0.25) is 0 Å². The predicted octanol–water partition coefficient (Wildman–Crippen LogP) is 2.01. The lowest BCUT2D eigenvalue weighted by Crippen LogP contribution is -2.13. The fraction of sp³-hybridized carbons (Fsp3) is 0.250. The van der Waals surface area contributed by atoms with Gasteiger partial charge in [0, 0.05) is 0 Å². The minimum Gasteiger partial charge on any atom is -0.246 e. The molecule has 56 valence electrons. The Morgan fingerprint density at radius 3 is 2.30 bits per heavy atom. The van der Waals surface area contributed by atoms with Crippen molar-refractivity contribution in [3.05, 3.63) is 17.7 Å². The Labute approximate surface area is 59.2 Å². The van der Waals surface area contributed by atoms with Crippen LogP contribution in [0.4, 0.5) is 13.2 Å². The molecule has 0 spiro atoms. The van der Waals surface area contributed by atoms with Gasteiger partial charge in [-0.1, -0.05) is 11.6 Å². The highest BCUT2D eigenvalue weighted by Gasteiger charge is 2.30. The summed E-state index contributed by atoms with van der Waals surface area (Å²) in [5, 5.41) is -0.169. The van der Waals surface area contributed by atoms with Crippen LogP contribution in [0.25, 0.3) is 0 Å². The van der Waals surface area contributed by atoms with Crippen LogP contribution in [-0.2, 0) is 6.30 Å². The molecule has 0 aliphatic heterocycles. The first-order valence-electron chi connectivity index (χ1n) is 2.27. The van der Waals surface area contributed by atoms with E-state index in [0.717, 1.165) is 0 Å². The van der Waals surface area contributed by atoms with Crippen molar-refractivity contribution in [2.45, 2.75) is 6.30 Å². The Morgan fingerprint density at radius 1 is 1.50 bits per heavy atom. The quantitative estimate of drug-likeness (QED) is 0.583. The fourth-order valence-corrected chi connectivity index (χ4v) is 0.586. The van der Waals surface area contributed by atoms with Crippen LogP contribution < -0.4 is 0 Å². The standard InChI is InChI=1S/C4H2ClF3N2/c5-3-1-10(2-9-3)4(6,7)8/h1-2H. The summed E-state index contributed by atoms with van der Waals surface area (Å²) in [7, 11) is 0. The van der Waals surface area contributed by atoms with Crippen LogP contribution in [0.1, 0.15) is 0 Å². The number of alkyl halides is 3. The average molecular weight is 171 g/mol. The molecule has 1 aromatic rings. The summed E-state index contributed by atoms with van der Waals surface area (Å²) < 4.78 is 35.0. The van der Waals surface area contributed by atoms with Gasteiger partial charge in [0.25, 0.3) is 0 Å². The predicted molar refractivity (Wildman–Crippen MR) is 28.5 cm³/mol. The third-order valence-corrected chi connectivity index (χ3v) is 1.04. The molecule has 0 bridgehead atoms. The highest BCUT2D eigenvalue weighted by atomic mass is 35.5. The van der Waals surface area contributed by atoms with Crippen molar-refractivity contribution < 1.29 is 13.2 Å². The van der Waals surface area contributed by atoms with E-state index in [1.807, 2.05) is 0 Å². The van der Waals surface area contributed by atoms with Crippen molar-refractivity contribution in [1.29, 1.82) is 0 Å². The van der Waals surface area contributed by atoms with Gasteiger partial charge in [-0.25, -0.2) is 9.55 Å².